The number of nitrogens with one attached hydrogen (secondary N) is 1. The van der Waals surface area contributed by atoms with Crippen LogP contribution in [0.4, 0.5) is 0 Å². The summed E-state index contributed by atoms with van der Waals surface area (Å²) in [4.78, 5) is 10.5. The number of likely N-dealkylation sites (tertiary alicyclic amines) is 1. The minimum atomic E-state index is 0.812. The Morgan fingerprint density at radius 3 is 2.88 bits per heavy atom. The van der Waals surface area contributed by atoms with Gasteiger partial charge in [-0.3, -0.25) is 9.67 Å². The molecule has 1 fully saturated rings. The van der Waals surface area contributed by atoms with E-state index in [1.807, 2.05) is 11.7 Å². The lowest BCUT2D eigenvalue weighted by Crippen LogP contribution is -2.40. The number of guanidine groups is 1. The zero-order chi connectivity index (χ0) is 11.2. The van der Waals surface area contributed by atoms with Gasteiger partial charge in [-0.15, -0.1) is 0 Å². The first-order chi connectivity index (χ1) is 7.90. The predicted molar refractivity (Wildman–Crippen MR) is 62.2 cm³/mol. The number of nitrogens with zero attached hydrogens (tertiary/aromatic N) is 5. The first-order valence-corrected chi connectivity index (χ1v) is 5.68. The Morgan fingerprint density at radius 2 is 2.25 bits per heavy atom. The highest BCUT2D eigenvalue weighted by atomic mass is 15.3. The maximum absolute atomic E-state index is 4.28. The summed E-state index contributed by atoms with van der Waals surface area (Å²) in [6.07, 6.45) is 5.81. The van der Waals surface area contributed by atoms with Gasteiger partial charge in [0, 0.05) is 26.7 Å². The fraction of sp³-hybridized carbons (Fsp3) is 0.700. The van der Waals surface area contributed by atoms with E-state index < -0.39 is 0 Å². The summed E-state index contributed by atoms with van der Waals surface area (Å²) < 4.78 is 1.81. The van der Waals surface area contributed by atoms with E-state index in [1.165, 1.54) is 12.8 Å². The highest BCUT2D eigenvalue weighted by molar-refractivity contribution is 5.80. The number of hydrogen-bond acceptors (Lipinski definition) is 3. The SMILES string of the molecule is CN=C(NCCn1cncn1)N1CCCC1. The van der Waals surface area contributed by atoms with Crippen LogP contribution in [0.15, 0.2) is 17.6 Å². The number of hydrogen-bond donors (Lipinski definition) is 1. The van der Waals surface area contributed by atoms with Crippen LogP contribution < -0.4 is 5.32 Å². The van der Waals surface area contributed by atoms with Gasteiger partial charge in [-0.1, -0.05) is 0 Å². The van der Waals surface area contributed by atoms with Gasteiger partial charge in [0.1, 0.15) is 12.7 Å². The molecule has 16 heavy (non-hydrogen) atoms. The van der Waals surface area contributed by atoms with Crippen molar-refractivity contribution >= 4 is 5.96 Å². The molecule has 1 aliphatic heterocycles. The van der Waals surface area contributed by atoms with E-state index in [2.05, 4.69) is 25.3 Å². The molecule has 0 atom stereocenters. The first-order valence-electron chi connectivity index (χ1n) is 5.68. The van der Waals surface area contributed by atoms with E-state index in [4.69, 9.17) is 0 Å². The van der Waals surface area contributed by atoms with Crippen molar-refractivity contribution in [1.82, 2.24) is 25.0 Å². The van der Waals surface area contributed by atoms with Crippen molar-refractivity contribution in [2.75, 3.05) is 26.7 Å². The Labute approximate surface area is 95.4 Å². The lowest BCUT2D eigenvalue weighted by atomic mass is 10.4. The lowest BCUT2D eigenvalue weighted by molar-refractivity contribution is 0.485. The summed E-state index contributed by atoms with van der Waals surface area (Å²) in [5.41, 5.74) is 0. The molecule has 6 nitrogen and oxygen atoms in total. The molecule has 2 rings (SSSR count). The van der Waals surface area contributed by atoms with Gasteiger partial charge in [0.05, 0.1) is 6.54 Å². The standard InChI is InChI=1S/C10H18N6/c1-11-10(15-5-2-3-6-15)13-4-7-16-9-12-8-14-16/h8-9H,2-7H2,1H3,(H,11,13). The van der Waals surface area contributed by atoms with Gasteiger partial charge in [-0.2, -0.15) is 5.10 Å². The molecule has 2 heterocycles. The van der Waals surface area contributed by atoms with Crippen LogP contribution >= 0.6 is 0 Å². The van der Waals surface area contributed by atoms with Crippen molar-refractivity contribution in [2.45, 2.75) is 19.4 Å². The van der Waals surface area contributed by atoms with Crippen LogP contribution in [-0.4, -0.2) is 52.3 Å². The average molecular weight is 222 g/mol. The van der Waals surface area contributed by atoms with Crippen LogP contribution in [0, 0.1) is 0 Å². The van der Waals surface area contributed by atoms with Gasteiger partial charge in [-0.05, 0) is 12.8 Å². The van der Waals surface area contributed by atoms with Gasteiger partial charge >= 0.3 is 0 Å². The summed E-state index contributed by atoms with van der Waals surface area (Å²) in [7, 11) is 1.83. The molecular weight excluding hydrogens is 204 g/mol. The molecule has 6 heteroatoms. The van der Waals surface area contributed by atoms with E-state index in [0.29, 0.717) is 0 Å². The van der Waals surface area contributed by atoms with Crippen LogP contribution in [0.25, 0.3) is 0 Å². The minimum absolute atomic E-state index is 0.812. The first kappa shape index (κ1) is 10.9. The second-order valence-electron chi connectivity index (χ2n) is 3.83. The molecule has 1 N–H and O–H groups in total. The third-order valence-corrected chi connectivity index (χ3v) is 2.71. The van der Waals surface area contributed by atoms with Crippen molar-refractivity contribution in [2.24, 2.45) is 4.99 Å². The van der Waals surface area contributed by atoms with Crippen LogP contribution in [0.5, 0.6) is 0 Å². The zero-order valence-corrected chi connectivity index (χ0v) is 9.63. The Hall–Kier alpha value is -1.59. The number of rotatable bonds is 3. The largest absolute Gasteiger partial charge is 0.354 e. The second-order valence-corrected chi connectivity index (χ2v) is 3.83. The van der Waals surface area contributed by atoms with Crippen molar-refractivity contribution in [3.05, 3.63) is 12.7 Å². The molecule has 1 aromatic rings. The molecule has 0 radical (unpaired) electrons. The van der Waals surface area contributed by atoms with E-state index >= 15 is 0 Å². The van der Waals surface area contributed by atoms with Crippen molar-refractivity contribution in [3.8, 4) is 0 Å². The van der Waals surface area contributed by atoms with E-state index in [0.717, 1.165) is 32.1 Å². The van der Waals surface area contributed by atoms with Gasteiger partial charge < -0.3 is 10.2 Å². The summed E-state index contributed by atoms with van der Waals surface area (Å²) in [6, 6.07) is 0. The van der Waals surface area contributed by atoms with E-state index in [-0.39, 0.29) is 0 Å². The molecule has 1 aromatic heterocycles. The molecule has 0 amide bonds. The van der Waals surface area contributed by atoms with Gasteiger partial charge in [0.2, 0.25) is 0 Å². The lowest BCUT2D eigenvalue weighted by Gasteiger charge is -2.20. The molecule has 0 aliphatic carbocycles. The normalized spacial score (nSPS) is 16.8. The van der Waals surface area contributed by atoms with Gasteiger partial charge in [0.25, 0.3) is 0 Å². The number of aliphatic imine (C=N–C) groups is 1. The monoisotopic (exact) mass is 222 g/mol. The predicted octanol–water partition coefficient (Wildman–Crippen LogP) is -0.0507. The Balaban J connectivity index is 1.75. The van der Waals surface area contributed by atoms with Gasteiger partial charge in [0.15, 0.2) is 5.96 Å². The molecule has 1 aliphatic rings. The van der Waals surface area contributed by atoms with Crippen LogP contribution in [0.1, 0.15) is 12.8 Å². The Kier molecular flexibility index (Phi) is 3.74. The maximum atomic E-state index is 4.28. The Bertz CT molecular complexity index is 325. The smallest absolute Gasteiger partial charge is 0.193 e. The summed E-state index contributed by atoms with van der Waals surface area (Å²) in [5.74, 6) is 0.998. The topological polar surface area (TPSA) is 58.3 Å². The minimum Gasteiger partial charge on any atom is -0.354 e. The third kappa shape index (κ3) is 2.71. The highest BCUT2D eigenvalue weighted by Gasteiger charge is 2.14. The summed E-state index contributed by atoms with van der Waals surface area (Å²) >= 11 is 0. The molecule has 0 unspecified atom stereocenters. The summed E-state index contributed by atoms with van der Waals surface area (Å²) in [5, 5.41) is 7.39. The van der Waals surface area contributed by atoms with Crippen molar-refractivity contribution in [3.63, 3.8) is 0 Å². The van der Waals surface area contributed by atoms with Gasteiger partial charge in [-0.25, -0.2) is 4.98 Å². The molecule has 0 saturated carbocycles. The molecule has 88 valence electrons. The molecular formula is C10H18N6. The van der Waals surface area contributed by atoms with E-state index in [1.54, 1.807) is 12.7 Å². The van der Waals surface area contributed by atoms with Crippen LogP contribution in [-0.2, 0) is 6.54 Å². The van der Waals surface area contributed by atoms with Crippen molar-refractivity contribution in [1.29, 1.82) is 0 Å². The van der Waals surface area contributed by atoms with Crippen LogP contribution in [0.2, 0.25) is 0 Å². The number of aromatic nitrogens is 3. The quantitative estimate of drug-likeness (QED) is 0.575. The highest BCUT2D eigenvalue weighted by Crippen LogP contribution is 2.06. The third-order valence-electron chi connectivity index (χ3n) is 2.71. The summed E-state index contributed by atoms with van der Waals surface area (Å²) in [6.45, 7) is 3.87. The average Bonchev–Trinajstić information content (AvgIpc) is 2.96. The maximum Gasteiger partial charge on any atom is 0.193 e. The van der Waals surface area contributed by atoms with Crippen molar-refractivity contribution < 1.29 is 0 Å². The fourth-order valence-electron chi connectivity index (χ4n) is 1.89. The molecule has 0 spiro atoms. The molecule has 0 aromatic carbocycles. The Morgan fingerprint density at radius 1 is 1.44 bits per heavy atom. The fourth-order valence-corrected chi connectivity index (χ4v) is 1.89. The zero-order valence-electron chi connectivity index (χ0n) is 9.63. The van der Waals surface area contributed by atoms with Crippen LogP contribution in [0.3, 0.4) is 0 Å². The molecule has 0 bridgehead atoms. The molecule has 1 saturated heterocycles. The van der Waals surface area contributed by atoms with E-state index in [9.17, 15) is 0 Å². The second kappa shape index (κ2) is 5.48.